The first kappa shape index (κ1) is 15.5. The molecule has 1 heterocycles. The summed E-state index contributed by atoms with van der Waals surface area (Å²) in [6.07, 6.45) is 1.81. The maximum Gasteiger partial charge on any atom is 0.147 e. The molecule has 2 aromatic rings. The van der Waals surface area contributed by atoms with Gasteiger partial charge in [-0.3, -0.25) is 4.98 Å². The molecule has 1 N–H and O–H groups in total. The highest BCUT2D eigenvalue weighted by Gasteiger charge is 2.09. The molecule has 0 saturated heterocycles. The summed E-state index contributed by atoms with van der Waals surface area (Å²) in [6, 6.07) is 10.3. The summed E-state index contributed by atoms with van der Waals surface area (Å²) < 4.78 is 7.18. The smallest absolute Gasteiger partial charge is 0.147 e. The molecule has 0 saturated carbocycles. The predicted molar refractivity (Wildman–Crippen MR) is 87.9 cm³/mol. The van der Waals surface area contributed by atoms with Gasteiger partial charge in [-0.15, -0.1) is 0 Å². The van der Waals surface area contributed by atoms with E-state index < -0.39 is 0 Å². The second-order valence-corrected chi connectivity index (χ2v) is 6.16. The Morgan fingerprint density at radius 3 is 2.50 bits per heavy atom. The van der Waals surface area contributed by atoms with Crippen LogP contribution in [-0.2, 0) is 6.54 Å². The van der Waals surface area contributed by atoms with Gasteiger partial charge < -0.3 is 10.1 Å². The van der Waals surface area contributed by atoms with Gasteiger partial charge >= 0.3 is 0 Å². The third-order valence-corrected chi connectivity index (χ3v) is 4.18. The number of hydrogen-bond acceptors (Lipinski definition) is 3. The van der Waals surface area contributed by atoms with Gasteiger partial charge in [0.15, 0.2) is 0 Å². The highest BCUT2D eigenvalue weighted by molar-refractivity contribution is 9.11. The Balaban J connectivity index is 2.04. The number of nitrogens with zero attached hydrogens (tertiary/aromatic N) is 1. The minimum absolute atomic E-state index is 0.204. The number of ether oxygens (including phenoxy) is 1. The molecule has 1 atom stereocenters. The molecule has 0 bridgehead atoms. The Labute approximate surface area is 136 Å². The summed E-state index contributed by atoms with van der Waals surface area (Å²) in [5.74, 6) is 0.812. The van der Waals surface area contributed by atoms with Crippen LogP contribution >= 0.6 is 31.9 Å². The van der Waals surface area contributed by atoms with Gasteiger partial charge in [-0.1, -0.05) is 6.07 Å². The van der Waals surface area contributed by atoms with Crippen LogP contribution in [0.3, 0.4) is 0 Å². The van der Waals surface area contributed by atoms with Gasteiger partial charge in [0.2, 0.25) is 0 Å². The topological polar surface area (TPSA) is 34.1 Å². The predicted octanol–water partition coefficient (Wildman–Crippen LogP) is 4.47. The molecule has 106 valence electrons. The van der Waals surface area contributed by atoms with E-state index in [2.05, 4.69) is 61.2 Å². The van der Waals surface area contributed by atoms with E-state index >= 15 is 0 Å². The molecular formula is C15H16Br2N2O. The summed E-state index contributed by atoms with van der Waals surface area (Å²) in [6.45, 7) is 2.87. The fourth-order valence-electron chi connectivity index (χ4n) is 1.92. The minimum atomic E-state index is 0.204. The quantitative estimate of drug-likeness (QED) is 0.805. The Morgan fingerprint density at radius 1 is 1.25 bits per heavy atom. The molecule has 0 spiro atoms. The van der Waals surface area contributed by atoms with Crippen molar-refractivity contribution in [3.8, 4) is 5.75 Å². The van der Waals surface area contributed by atoms with Crippen molar-refractivity contribution in [2.45, 2.75) is 19.5 Å². The van der Waals surface area contributed by atoms with Gasteiger partial charge in [0, 0.05) is 18.8 Å². The molecule has 0 amide bonds. The van der Waals surface area contributed by atoms with Crippen molar-refractivity contribution in [3.63, 3.8) is 0 Å². The van der Waals surface area contributed by atoms with Gasteiger partial charge in [0.25, 0.3) is 0 Å². The number of methoxy groups -OCH3 is 1. The SMILES string of the molecule is COc1c(Br)cc(CN[C@H](C)c2ccccn2)cc1Br. The van der Waals surface area contributed by atoms with Crippen molar-refractivity contribution in [3.05, 3.63) is 56.7 Å². The third kappa shape index (κ3) is 3.81. The van der Waals surface area contributed by atoms with Crippen LogP contribution in [0.25, 0.3) is 0 Å². The maximum atomic E-state index is 5.30. The van der Waals surface area contributed by atoms with E-state index in [0.717, 1.165) is 26.9 Å². The van der Waals surface area contributed by atoms with Crippen molar-refractivity contribution >= 4 is 31.9 Å². The Hall–Kier alpha value is -0.910. The van der Waals surface area contributed by atoms with Crippen LogP contribution in [0.5, 0.6) is 5.75 Å². The Bertz CT molecular complexity index is 552. The lowest BCUT2D eigenvalue weighted by Gasteiger charge is -2.14. The molecule has 0 fully saturated rings. The molecule has 1 aromatic heterocycles. The molecule has 2 rings (SSSR count). The number of hydrogen-bond donors (Lipinski definition) is 1. The molecule has 20 heavy (non-hydrogen) atoms. The molecule has 0 radical (unpaired) electrons. The number of rotatable bonds is 5. The van der Waals surface area contributed by atoms with Crippen LogP contribution in [-0.4, -0.2) is 12.1 Å². The van der Waals surface area contributed by atoms with Crippen molar-refractivity contribution in [1.29, 1.82) is 0 Å². The lowest BCUT2D eigenvalue weighted by molar-refractivity contribution is 0.409. The first-order valence-corrected chi connectivity index (χ1v) is 7.86. The van der Waals surface area contributed by atoms with E-state index in [-0.39, 0.29) is 6.04 Å². The van der Waals surface area contributed by atoms with E-state index in [9.17, 15) is 0 Å². The van der Waals surface area contributed by atoms with E-state index in [1.807, 2.05) is 24.4 Å². The number of nitrogens with one attached hydrogen (secondary N) is 1. The molecular weight excluding hydrogens is 384 g/mol. The van der Waals surface area contributed by atoms with Crippen LogP contribution in [0.1, 0.15) is 24.2 Å². The molecule has 0 unspecified atom stereocenters. The van der Waals surface area contributed by atoms with E-state index in [0.29, 0.717) is 0 Å². The summed E-state index contributed by atoms with van der Waals surface area (Å²) in [4.78, 5) is 4.35. The number of aromatic nitrogens is 1. The molecule has 1 aromatic carbocycles. The van der Waals surface area contributed by atoms with Crippen molar-refractivity contribution in [2.75, 3.05) is 7.11 Å². The van der Waals surface area contributed by atoms with Crippen LogP contribution in [0.2, 0.25) is 0 Å². The van der Waals surface area contributed by atoms with Gasteiger partial charge in [-0.25, -0.2) is 0 Å². The van der Waals surface area contributed by atoms with Crippen LogP contribution < -0.4 is 10.1 Å². The molecule has 0 aliphatic heterocycles. The van der Waals surface area contributed by atoms with Crippen LogP contribution in [0, 0.1) is 0 Å². The minimum Gasteiger partial charge on any atom is -0.494 e. The molecule has 3 nitrogen and oxygen atoms in total. The monoisotopic (exact) mass is 398 g/mol. The Morgan fingerprint density at radius 2 is 1.95 bits per heavy atom. The second kappa shape index (κ2) is 7.20. The Kier molecular flexibility index (Phi) is 5.57. The third-order valence-electron chi connectivity index (χ3n) is 3.01. The zero-order chi connectivity index (χ0) is 14.5. The fourth-order valence-corrected chi connectivity index (χ4v) is 3.52. The van der Waals surface area contributed by atoms with E-state index in [1.54, 1.807) is 7.11 Å². The summed E-state index contributed by atoms with van der Waals surface area (Å²) in [5.41, 5.74) is 2.21. The first-order valence-electron chi connectivity index (χ1n) is 6.28. The van der Waals surface area contributed by atoms with E-state index in [1.165, 1.54) is 5.56 Å². The zero-order valence-corrected chi connectivity index (χ0v) is 14.5. The summed E-state index contributed by atoms with van der Waals surface area (Å²) in [5, 5.41) is 3.46. The van der Waals surface area contributed by atoms with Gasteiger partial charge in [-0.05, 0) is 68.6 Å². The van der Waals surface area contributed by atoms with Crippen LogP contribution in [0.15, 0.2) is 45.5 Å². The maximum absolute atomic E-state index is 5.30. The van der Waals surface area contributed by atoms with Gasteiger partial charge in [-0.2, -0.15) is 0 Å². The van der Waals surface area contributed by atoms with Gasteiger partial charge in [0.1, 0.15) is 5.75 Å². The fraction of sp³-hybridized carbons (Fsp3) is 0.267. The molecule has 0 aliphatic rings. The largest absolute Gasteiger partial charge is 0.494 e. The summed E-state index contributed by atoms with van der Waals surface area (Å²) in [7, 11) is 1.66. The number of halogens is 2. The van der Waals surface area contributed by atoms with Crippen molar-refractivity contribution < 1.29 is 4.74 Å². The molecule has 5 heteroatoms. The second-order valence-electron chi connectivity index (χ2n) is 4.45. The van der Waals surface area contributed by atoms with E-state index in [4.69, 9.17) is 4.74 Å². The normalized spacial score (nSPS) is 12.2. The average Bonchev–Trinajstić information content (AvgIpc) is 2.45. The zero-order valence-electron chi connectivity index (χ0n) is 11.4. The lowest BCUT2D eigenvalue weighted by Crippen LogP contribution is -2.19. The molecule has 0 aliphatic carbocycles. The highest BCUT2D eigenvalue weighted by atomic mass is 79.9. The number of benzene rings is 1. The number of pyridine rings is 1. The van der Waals surface area contributed by atoms with Crippen molar-refractivity contribution in [1.82, 2.24) is 10.3 Å². The first-order chi connectivity index (χ1) is 9.61. The highest BCUT2D eigenvalue weighted by Crippen LogP contribution is 2.34. The average molecular weight is 400 g/mol. The lowest BCUT2D eigenvalue weighted by atomic mass is 10.1. The standard InChI is InChI=1S/C15H16Br2N2O/c1-10(14-5-3-4-6-18-14)19-9-11-7-12(16)15(20-2)13(17)8-11/h3-8,10,19H,9H2,1-2H3/t10-/m1/s1. The van der Waals surface area contributed by atoms with Crippen LogP contribution in [0.4, 0.5) is 0 Å². The van der Waals surface area contributed by atoms with Crippen molar-refractivity contribution in [2.24, 2.45) is 0 Å². The summed E-state index contributed by atoms with van der Waals surface area (Å²) >= 11 is 7.03. The van der Waals surface area contributed by atoms with Gasteiger partial charge in [0.05, 0.1) is 21.7 Å².